The van der Waals surface area contributed by atoms with Gasteiger partial charge in [-0.05, 0) is 47.2 Å². The van der Waals surface area contributed by atoms with Crippen LogP contribution in [-0.4, -0.2) is 9.78 Å². The smallest absolute Gasteiger partial charge is 0.123 e. The van der Waals surface area contributed by atoms with E-state index in [1.54, 1.807) is 0 Å². The zero-order valence-corrected chi connectivity index (χ0v) is 12.0. The minimum atomic E-state index is 0.816. The molecule has 1 heterocycles. The molecule has 0 bridgehead atoms. The van der Waals surface area contributed by atoms with Gasteiger partial charge in [0.1, 0.15) is 3.70 Å². The Morgan fingerprint density at radius 3 is 2.73 bits per heavy atom. The number of aryl methyl sites for hydroxylation is 1. The summed E-state index contributed by atoms with van der Waals surface area (Å²) in [5.41, 5.74) is 2.44. The van der Waals surface area contributed by atoms with Gasteiger partial charge in [-0.15, -0.1) is 0 Å². The molecule has 1 aromatic carbocycles. The van der Waals surface area contributed by atoms with Crippen molar-refractivity contribution in [2.45, 2.75) is 13.5 Å². The van der Waals surface area contributed by atoms with Crippen LogP contribution in [0.2, 0.25) is 0 Å². The first-order chi connectivity index (χ1) is 7.16. The van der Waals surface area contributed by atoms with Gasteiger partial charge in [0.05, 0.1) is 6.54 Å². The molecule has 0 unspecified atom stereocenters. The molecule has 0 radical (unpaired) electrons. The second-order valence-electron chi connectivity index (χ2n) is 3.36. The Morgan fingerprint density at radius 2 is 2.13 bits per heavy atom. The summed E-state index contributed by atoms with van der Waals surface area (Å²) in [7, 11) is 0. The highest BCUT2D eigenvalue weighted by Crippen LogP contribution is 2.18. The van der Waals surface area contributed by atoms with Crippen LogP contribution in [0.5, 0.6) is 0 Å². The normalized spacial score (nSPS) is 10.6. The van der Waals surface area contributed by atoms with E-state index < -0.39 is 0 Å². The molecule has 0 N–H and O–H groups in total. The maximum Gasteiger partial charge on any atom is 0.123 e. The molecule has 78 valence electrons. The van der Waals surface area contributed by atoms with E-state index in [-0.39, 0.29) is 0 Å². The fraction of sp³-hybridized carbons (Fsp3) is 0.182. The van der Waals surface area contributed by atoms with Gasteiger partial charge in [-0.3, -0.25) is 4.68 Å². The molecule has 0 aliphatic carbocycles. The van der Waals surface area contributed by atoms with Crippen molar-refractivity contribution in [1.82, 2.24) is 9.78 Å². The Morgan fingerprint density at radius 1 is 1.40 bits per heavy atom. The Bertz CT molecular complexity index is 479. The van der Waals surface area contributed by atoms with Crippen molar-refractivity contribution >= 4 is 38.5 Å². The molecule has 0 aliphatic rings. The van der Waals surface area contributed by atoms with Crippen LogP contribution < -0.4 is 0 Å². The van der Waals surface area contributed by atoms with Crippen molar-refractivity contribution in [3.63, 3.8) is 0 Å². The molecular weight excluding hydrogens is 367 g/mol. The van der Waals surface area contributed by atoms with Crippen molar-refractivity contribution in [1.29, 1.82) is 0 Å². The second kappa shape index (κ2) is 4.65. The third-order valence-corrected chi connectivity index (χ3v) is 3.53. The van der Waals surface area contributed by atoms with E-state index in [2.05, 4.69) is 68.7 Å². The Balaban J connectivity index is 2.29. The van der Waals surface area contributed by atoms with Crippen molar-refractivity contribution in [2.24, 2.45) is 0 Å². The average molecular weight is 377 g/mol. The molecule has 1 aromatic heterocycles. The molecular formula is C11H10BrIN2. The number of hydrogen-bond donors (Lipinski definition) is 0. The summed E-state index contributed by atoms with van der Waals surface area (Å²) >= 11 is 5.78. The number of nitrogens with zero attached hydrogens (tertiary/aromatic N) is 2. The Kier molecular flexibility index (Phi) is 3.45. The van der Waals surface area contributed by atoms with Crippen molar-refractivity contribution in [3.05, 3.63) is 49.8 Å². The molecule has 0 spiro atoms. The van der Waals surface area contributed by atoms with E-state index in [1.165, 1.54) is 11.3 Å². The molecule has 2 nitrogen and oxygen atoms in total. The van der Waals surface area contributed by atoms with Gasteiger partial charge in [-0.25, -0.2) is 0 Å². The van der Waals surface area contributed by atoms with E-state index in [4.69, 9.17) is 0 Å². The van der Waals surface area contributed by atoms with Gasteiger partial charge in [0, 0.05) is 10.2 Å². The molecule has 2 aromatic rings. The monoisotopic (exact) mass is 376 g/mol. The first-order valence-electron chi connectivity index (χ1n) is 4.60. The van der Waals surface area contributed by atoms with Crippen LogP contribution in [0, 0.1) is 10.6 Å². The standard InChI is InChI=1S/C11H10BrIN2/c1-8-6-11(13)14-15(8)7-9-4-2-3-5-10(9)12/h2-6H,7H2,1H3. The molecule has 15 heavy (non-hydrogen) atoms. The summed E-state index contributed by atoms with van der Waals surface area (Å²) < 4.78 is 4.19. The summed E-state index contributed by atoms with van der Waals surface area (Å²) in [6, 6.07) is 10.3. The lowest BCUT2D eigenvalue weighted by Crippen LogP contribution is -2.04. The number of halogens is 2. The first kappa shape index (κ1) is 11.1. The molecule has 0 fully saturated rings. The summed E-state index contributed by atoms with van der Waals surface area (Å²) in [5.74, 6) is 0. The molecule has 2 rings (SSSR count). The highest BCUT2D eigenvalue weighted by Gasteiger charge is 2.04. The summed E-state index contributed by atoms with van der Waals surface area (Å²) in [6.45, 7) is 2.89. The lowest BCUT2D eigenvalue weighted by Gasteiger charge is -2.06. The molecule has 0 saturated carbocycles. The first-order valence-corrected chi connectivity index (χ1v) is 6.47. The van der Waals surface area contributed by atoms with Crippen molar-refractivity contribution in [3.8, 4) is 0 Å². The molecule has 0 saturated heterocycles. The minimum Gasteiger partial charge on any atom is -0.264 e. The molecule has 4 heteroatoms. The van der Waals surface area contributed by atoms with E-state index in [1.807, 2.05) is 16.8 Å². The maximum absolute atomic E-state index is 4.43. The third-order valence-electron chi connectivity index (χ3n) is 2.23. The van der Waals surface area contributed by atoms with Gasteiger partial charge in [0.2, 0.25) is 0 Å². The Labute approximate surface area is 111 Å². The lowest BCUT2D eigenvalue weighted by molar-refractivity contribution is 0.658. The van der Waals surface area contributed by atoms with E-state index in [9.17, 15) is 0 Å². The van der Waals surface area contributed by atoms with Gasteiger partial charge < -0.3 is 0 Å². The fourth-order valence-corrected chi connectivity index (χ4v) is 2.54. The zero-order valence-electron chi connectivity index (χ0n) is 8.24. The zero-order chi connectivity index (χ0) is 10.8. The number of hydrogen-bond acceptors (Lipinski definition) is 1. The van der Waals surface area contributed by atoms with Crippen molar-refractivity contribution < 1.29 is 0 Å². The summed E-state index contributed by atoms with van der Waals surface area (Å²) in [5, 5.41) is 4.43. The van der Waals surface area contributed by atoms with Gasteiger partial charge >= 0.3 is 0 Å². The van der Waals surface area contributed by atoms with E-state index in [0.29, 0.717) is 0 Å². The van der Waals surface area contributed by atoms with Gasteiger partial charge in [0.15, 0.2) is 0 Å². The summed E-state index contributed by atoms with van der Waals surface area (Å²) in [4.78, 5) is 0. The fourth-order valence-electron chi connectivity index (χ4n) is 1.42. The number of rotatable bonds is 2. The highest BCUT2D eigenvalue weighted by atomic mass is 127. The molecule has 0 amide bonds. The predicted octanol–water partition coefficient (Wildman–Crippen LogP) is 3.61. The number of aromatic nitrogens is 2. The van der Waals surface area contributed by atoms with Gasteiger partial charge in [-0.1, -0.05) is 34.1 Å². The van der Waals surface area contributed by atoms with Gasteiger partial charge in [0.25, 0.3) is 0 Å². The highest BCUT2D eigenvalue weighted by molar-refractivity contribution is 14.1. The SMILES string of the molecule is Cc1cc(I)nn1Cc1ccccc1Br. The van der Waals surface area contributed by atoms with E-state index >= 15 is 0 Å². The lowest BCUT2D eigenvalue weighted by atomic mass is 10.2. The summed E-state index contributed by atoms with van der Waals surface area (Å²) in [6.07, 6.45) is 0. The van der Waals surface area contributed by atoms with Crippen molar-refractivity contribution in [2.75, 3.05) is 0 Å². The second-order valence-corrected chi connectivity index (χ2v) is 5.32. The van der Waals surface area contributed by atoms with E-state index in [0.717, 1.165) is 14.7 Å². The van der Waals surface area contributed by atoms with Crippen LogP contribution in [0.15, 0.2) is 34.8 Å². The van der Waals surface area contributed by atoms with Crippen LogP contribution >= 0.6 is 38.5 Å². The molecule has 0 aliphatic heterocycles. The maximum atomic E-state index is 4.43. The quantitative estimate of drug-likeness (QED) is 0.732. The molecule has 0 atom stereocenters. The topological polar surface area (TPSA) is 17.8 Å². The van der Waals surface area contributed by atoms with Crippen LogP contribution in [-0.2, 0) is 6.54 Å². The minimum absolute atomic E-state index is 0.816. The van der Waals surface area contributed by atoms with Crippen LogP contribution in [0.3, 0.4) is 0 Å². The van der Waals surface area contributed by atoms with Gasteiger partial charge in [-0.2, -0.15) is 5.10 Å². The number of benzene rings is 1. The van der Waals surface area contributed by atoms with Crippen LogP contribution in [0.4, 0.5) is 0 Å². The Hall–Kier alpha value is -0.360. The third kappa shape index (κ3) is 2.60. The van der Waals surface area contributed by atoms with Crippen LogP contribution in [0.1, 0.15) is 11.3 Å². The average Bonchev–Trinajstić information content (AvgIpc) is 2.49. The largest absolute Gasteiger partial charge is 0.264 e. The predicted molar refractivity (Wildman–Crippen MR) is 72.9 cm³/mol. The van der Waals surface area contributed by atoms with Crippen LogP contribution in [0.25, 0.3) is 0 Å².